The van der Waals surface area contributed by atoms with E-state index in [4.69, 9.17) is 15.2 Å². The fourth-order valence-corrected chi connectivity index (χ4v) is 2.77. The van der Waals surface area contributed by atoms with Gasteiger partial charge in [0.05, 0.1) is 5.69 Å². The molecule has 0 fully saturated rings. The van der Waals surface area contributed by atoms with Crippen LogP contribution in [-0.2, 0) is 9.53 Å². The van der Waals surface area contributed by atoms with Crippen molar-refractivity contribution in [1.82, 2.24) is 0 Å². The number of ether oxygens (including phenoxy) is 2. The Bertz CT molecular complexity index is 500. The standard InChI is InChI=1S/C16H24N2O3/c1-4-11(5-2)16(17)12-6-7-14-13(8-12)18(10-20-3)15(19)9-21-14/h6-8,11,16H,4-5,9-10,17H2,1-3H3. The molecule has 1 aromatic carbocycles. The molecule has 1 unspecified atom stereocenters. The maximum atomic E-state index is 12.0. The van der Waals surface area contributed by atoms with Gasteiger partial charge in [0.1, 0.15) is 12.5 Å². The molecule has 1 amide bonds. The van der Waals surface area contributed by atoms with Gasteiger partial charge >= 0.3 is 0 Å². The van der Waals surface area contributed by atoms with Crippen molar-refractivity contribution in [2.75, 3.05) is 25.3 Å². The highest BCUT2D eigenvalue weighted by Crippen LogP contribution is 2.36. The van der Waals surface area contributed by atoms with Gasteiger partial charge in [0.2, 0.25) is 0 Å². The van der Waals surface area contributed by atoms with E-state index in [2.05, 4.69) is 13.8 Å². The minimum atomic E-state index is -0.0994. The maximum absolute atomic E-state index is 12.0. The van der Waals surface area contributed by atoms with Crippen LogP contribution in [0.2, 0.25) is 0 Å². The Labute approximate surface area is 126 Å². The van der Waals surface area contributed by atoms with Gasteiger partial charge in [-0.3, -0.25) is 9.69 Å². The van der Waals surface area contributed by atoms with Gasteiger partial charge in [-0.2, -0.15) is 0 Å². The SMILES string of the molecule is CCC(CC)C(N)c1ccc2c(c1)N(COC)C(=O)CO2. The predicted octanol–water partition coefficient (Wildman–Crippen LogP) is 2.45. The molecule has 0 saturated heterocycles. The Morgan fingerprint density at radius 1 is 1.38 bits per heavy atom. The Morgan fingerprint density at radius 2 is 2.10 bits per heavy atom. The Hall–Kier alpha value is -1.59. The summed E-state index contributed by atoms with van der Waals surface area (Å²) in [5, 5.41) is 0. The summed E-state index contributed by atoms with van der Waals surface area (Å²) < 4.78 is 10.6. The van der Waals surface area contributed by atoms with Crippen LogP contribution in [-0.4, -0.2) is 26.4 Å². The molecule has 21 heavy (non-hydrogen) atoms. The predicted molar refractivity (Wildman–Crippen MR) is 82.3 cm³/mol. The highest BCUT2D eigenvalue weighted by atomic mass is 16.5. The van der Waals surface area contributed by atoms with E-state index in [0.717, 1.165) is 24.1 Å². The first kappa shape index (κ1) is 15.8. The summed E-state index contributed by atoms with van der Waals surface area (Å²) in [6, 6.07) is 5.80. The Balaban J connectivity index is 2.34. The molecule has 5 heteroatoms. The number of carbonyl (C=O) groups excluding carboxylic acids is 1. The molecule has 0 radical (unpaired) electrons. The first-order chi connectivity index (χ1) is 10.1. The number of anilines is 1. The van der Waals surface area contributed by atoms with Crippen LogP contribution in [0.15, 0.2) is 18.2 Å². The second kappa shape index (κ2) is 6.91. The van der Waals surface area contributed by atoms with Crippen LogP contribution in [0.3, 0.4) is 0 Å². The molecule has 2 rings (SSSR count). The summed E-state index contributed by atoms with van der Waals surface area (Å²) in [6.07, 6.45) is 2.07. The van der Waals surface area contributed by atoms with Gasteiger partial charge in [0.25, 0.3) is 5.91 Å². The van der Waals surface area contributed by atoms with Gasteiger partial charge in [0, 0.05) is 13.2 Å². The summed E-state index contributed by atoms with van der Waals surface area (Å²) in [5.74, 6) is 1.03. The van der Waals surface area contributed by atoms with Gasteiger partial charge < -0.3 is 15.2 Å². The molecule has 0 spiro atoms. The molecule has 1 heterocycles. The van der Waals surface area contributed by atoms with Crippen molar-refractivity contribution >= 4 is 11.6 Å². The van der Waals surface area contributed by atoms with E-state index in [9.17, 15) is 4.79 Å². The third-order valence-electron chi connectivity index (χ3n) is 4.13. The fraction of sp³-hybridized carbons (Fsp3) is 0.562. The zero-order valence-electron chi connectivity index (χ0n) is 13.0. The van der Waals surface area contributed by atoms with Crippen molar-refractivity contribution in [3.8, 4) is 5.75 Å². The van der Waals surface area contributed by atoms with Gasteiger partial charge in [-0.25, -0.2) is 0 Å². The minimum Gasteiger partial charge on any atom is -0.482 e. The van der Waals surface area contributed by atoms with E-state index in [0.29, 0.717) is 11.7 Å². The molecule has 0 bridgehead atoms. The maximum Gasteiger partial charge on any atom is 0.266 e. The summed E-state index contributed by atoms with van der Waals surface area (Å²) in [5.41, 5.74) is 8.14. The van der Waals surface area contributed by atoms with Crippen LogP contribution in [0, 0.1) is 5.92 Å². The van der Waals surface area contributed by atoms with E-state index in [1.54, 1.807) is 12.0 Å². The number of nitrogens with zero attached hydrogens (tertiary/aromatic N) is 1. The van der Waals surface area contributed by atoms with Crippen LogP contribution in [0.5, 0.6) is 5.75 Å². The molecule has 1 aliphatic heterocycles. The molecule has 0 aliphatic carbocycles. The molecule has 116 valence electrons. The van der Waals surface area contributed by atoms with Crippen LogP contribution < -0.4 is 15.4 Å². The third-order valence-corrected chi connectivity index (χ3v) is 4.13. The summed E-state index contributed by atoms with van der Waals surface area (Å²) in [4.78, 5) is 13.6. The zero-order valence-corrected chi connectivity index (χ0v) is 13.0. The first-order valence-corrected chi connectivity index (χ1v) is 7.43. The second-order valence-electron chi connectivity index (χ2n) is 5.36. The van der Waals surface area contributed by atoms with Crippen LogP contribution in [0.1, 0.15) is 38.3 Å². The zero-order chi connectivity index (χ0) is 15.4. The van der Waals surface area contributed by atoms with Gasteiger partial charge in [-0.1, -0.05) is 32.8 Å². The highest BCUT2D eigenvalue weighted by Gasteiger charge is 2.27. The molecule has 1 aliphatic rings. The van der Waals surface area contributed by atoms with Crippen LogP contribution >= 0.6 is 0 Å². The number of hydrogen-bond acceptors (Lipinski definition) is 4. The Morgan fingerprint density at radius 3 is 2.71 bits per heavy atom. The lowest BCUT2D eigenvalue weighted by Crippen LogP contribution is -2.40. The quantitative estimate of drug-likeness (QED) is 0.874. The van der Waals surface area contributed by atoms with Crippen LogP contribution in [0.25, 0.3) is 0 Å². The fourth-order valence-electron chi connectivity index (χ4n) is 2.77. The third kappa shape index (κ3) is 3.19. The van der Waals surface area contributed by atoms with E-state index in [-0.39, 0.29) is 25.3 Å². The van der Waals surface area contributed by atoms with Crippen molar-refractivity contribution in [3.05, 3.63) is 23.8 Å². The first-order valence-electron chi connectivity index (χ1n) is 7.43. The topological polar surface area (TPSA) is 64.8 Å². The van der Waals surface area contributed by atoms with Gasteiger partial charge in [-0.15, -0.1) is 0 Å². The lowest BCUT2D eigenvalue weighted by molar-refractivity contribution is -0.122. The van der Waals surface area contributed by atoms with Crippen LogP contribution in [0.4, 0.5) is 5.69 Å². The molecule has 0 saturated carbocycles. The molecule has 1 aromatic rings. The van der Waals surface area contributed by atoms with E-state index in [1.165, 1.54) is 0 Å². The average molecular weight is 292 g/mol. The number of benzene rings is 1. The minimum absolute atomic E-state index is 0.0354. The highest BCUT2D eigenvalue weighted by molar-refractivity contribution is 5.97. The summed E-state index contributed by atoms with van der Waals surface area (Å²) >= 11 is 0. The number of hydrogen-bond donors (Lipinski definition) is 1. The molecular weight excluding hydrogens is 268 g/mol. The molecule has 2 N–H and O–H groups in total. The van der Waals surface area contributed by atoms with Gasteiger partial charge in [0.15, 0.2) is 6.61 Å². The number of methoxy groups -OCH3 is 1. The normalized spacial score (nSPS) is 15.9. The van der Waals surface area contributed by atoms with E-state index < -0.39 is 0 Å². The Kier molecular flexibility index (Phi) is 5.20. The smallest absolute Gasteiger partial charge is 0.266 e. The largest absolute Gasteiger partial charge is 0.482 e. The number of fused-ring (bicyclic) bond motifs is 1. The average Bonchev–Trinajstić information content (AvgIpc) is 2.51. The summed E-state index contributed by atoms with van der Waals surface area (Å²) in [7, 11) is 1.57. The van der Waals surface area contributed by atoms with Crippen molar-refractivity contribution in [1.29, 1.82) is 0 Å². The number of carbonyl (C=O) groups is 1. The number of amides is 1. The van der Waals surface area contributed by atoms with Crippen molar-refractivity contribution < 1.29 is 14.3 Å². The summed E-state index contributed by atoms with van der Waals surface area (Å²) in [6.45, 7) is 4.57. The van der Waals surface area contributed by atoms with Crippen molar-refractivity contribution in [3.63, 3.8) is 0 Å². The lowest BCUT2D eigenvalue weighted by atomic mass is 9.89. The second-order valence-corrected chi connectivity index (χ2v) is 5.36. The van der Waals surface area contributed by atoms with Gasteiger partial charge in [-0.05, 0) is 23.6 Å². The lowest BCUT2D eigenvalue weighted by Gasteiger charge is -2.30. The molecule has 0 aromatic heterocycles. The molecular formula is C16H24N2O3. The van der Waals surface area contributed by atoms with E-state index in [1.807, 2.05) is 18.2 Å². The molecule has 1 atom stereocenters. The monoisotopic (exact) mass is 292 g/mol. The van der Waals surface area contributed by atoms with Crippen molar-refractivity contribution in [2.24, 2.45) is 11.7 Å². The number of rotatable bonds is 6. The number of nitrogens with two attached hydrogens (primary N) is 1. The molecule has 5 nitrogen and oxygen atoms in total. The van der Waals surface area contributed by atoms with E-state index >= 15 is 0 Å². The van der Waals surface area contributed by atoms with Crippen molar-refractivity contribution in [2.45, 2.75) is 32.7 Å².